The van der Waals surface area contributed by atoms with Gasteiger partial charge < -0.3 is 4.42 Å². The smallest absolute Gasteiger partial charge is 0.216 e. The molecule has 0 aliphatic carbocycles. The predicted molar refractivity (Wildman–Crippen MR) is 120 cm³/mol. The zero-order valence-corrected chi connectivity index (χ0v) is 17.5. The van der Waals surface area contributed by atoms with Gasteiger partial charge in [0.05, 0.1) is 17.2 Å². The van der Waals surface area contributed by atoms with Crippen molar-refractivity contribution in [2.75, 3.05) is 0 Å². The van der Waals surface area contributed by atoms with Gasteiger partial charge in [-0.3, -0.25) is 0 Å². The number of nitriles is 1. The summed E-state index contributed by atoms with van der Waals surface area (Å²) in [7, 11) is 1.84. The Morgan fingerprint density at radius 2 is 1.55 bits per heavy atom. The molecule has 3 aromatic carbocycles. The van der Waals surface area contributed by atoms with Gasteiger partial charge in [0.15, 0.2) is 5.82 Å². The van der Waals surface area contributed by atoms with E-state index in [4.69, 9.17) is 4.42 Å². The number of aromatic nitrogens is 1. The van der Waals surface area contributed by atoms with Gasteiger partial charge in [-0.25, -0.2) is 4.39 Å². The van der Waals surface area contributed by atoms with Gasteiger partial charge in [0.2, 0.25) is 11.9 Å². The van der Waals surface area contributed by atoms with Gasteiger partial charge in [-0.15, -0.1) is 0 Å². The summed E-state index contributed by atoms with van der Waals surface area (Å²) in [4.78, 5) is 0. The summed E-state index contributed by atoms with van der Waals surface area (Å²) in [6.45, 7) is 3.79. The van der Waals surface area contributed by atoms with Crippen molar-refractivity contribution in [3.63, 3.8) is 0 Å². The van der Waals surface area contributed by atoms with Crippen molar-refractivity contribution < 1.29 is 13.4 Å². The summed E-state index contributed by atoms with van der Waals surface area (Å²) >= 11 is 0. The average molecular weight is 407 g/mol. The Kier molecular flexibility index (Phi) is 4.34. The second kappa shape index (κ2) is 7.07. The van der Waals surface area contributed by atoms with Gasteiger partial charge in [-0.05, 0) is 42.7 Å². The molecule has 0 bridgehead atoms. The number of fused-ring (bicyclic) bond motifs is 3. The van der Waals surface area contributed by atoms with Crippen LogP contribution in [0.15, 0.2) is 71.3 Å². The maximum Gasteiger partial charge on any atom is 0.216 e. The number of rotatable bonds is 2. The fraction of sp³-hybridized carbons (Fsp3) is 0.111. The molecule has 0 aliphatic rings. The molecule has 5 aromatic rings. The summed E-state index contributed by atoms with van der Waals surface area (Å²) in [6.07, 6.45) is 1.49. The minimum atomic E-state index is -0.245. The second-order valence-corrected chi connectivity index (χ2v) is 7.88. The Hall–Kier alpha value is -3.97. The maximum absolute atomic E-state index is 14.1. The molecule has 2 aromatic heterocycles. The molecule has 0 unspecified atom stereocenters. The number of hydrogen-bond acceptors (Lipinski definition) is 2. The molecule has 0 amide bonds. The van der Waals surface area contributed by atoms with E-state index in [1.54, 1.807) is 11.5 Å². The summed E-state index contributed by atoms with van der Waals surface area (Å²) in [5.41, 5.74) is 7.15. The molecule has 0 atom stereocenters. The first kappa shape index (κ1) is 19.0. The van der Waals surface area contributed by atoms with E-state index in [1.807, 2.05) is 62.5 Å². The Bertz CT molecular complexity index is 1530. The molecule has 3 nitrogen and oxygen atoms in total. The molecule has 150 valence electrons. The Morgan fingerprint density at radius 3 is 2.26 bits per heavy atom. The quantitative estimate of drug-likeness (QED) is 0.319. The number of benzene rings is 3. The monoisotopic (exact) mass is 407 g/mol. The van der Waals surface area contributed by atoms with E-state index in [9.17, 15) is 9.65 Å². The van der Waals surface area contributed by atoms with E-state index in [-0.39, 0.29) is 5.82 Å². The molecule has 5 rings (SSSR count). The topological polar surface area (TPSA) is 40.8 Å². The SMILES string of the molecule is Cc1cc(-c2c(C)ccc3c2oc2c(-c4ccccc4)c(C#N)ccc23)[n+](C)cc1F. The van der Waals surface area contributed by atoms with E-state index in [2.05, 4.69) is 18.2 Å². The molecule has 0 N–H and O–H groups in total. The molecule has 0 aliphatic heterocycles. The third kappa shape index (κ3) is 2.90. The van der Waals surface area contributed by atoms with E-state index in [0.717, 1.165) is 44.3 Å². The van der Waals surface area contributed by atoms with Crippen LogP contribution in [-0.2, 0) is 7.05 Å². The zero-order chi connectivity index (χ0) is 21.7. The predicted octanol–water partition coefficient (Wildman–Crippen LogP) is 6.37. The lowest BCUT2D eigenvalue weighted by Gasteiger charge is -2.07. The molecular weight excluding hydrogens is 387 g/mol. The van der Waals surface area contributed by atoms with Crippen molar-refractivity contribution in [2.24, 2.45) is 7.05 Å². The van der Waals surface area contributed by atoms with Gasteiger partial charge in [-0.1, -0.05) is 42.5 Å². The molecule has 0 saturated heterocycles. The molecular formula is C27H20FN2O+. The van der Waals surface area contributed by atoms with Crippen LogP contribution in [0.1, 0.15) is 16.7 Å². The van der Waals surface area contributed by atoms with Gasteiger partial charge in [0.25, 0.3) is 0 Å². The van der Waals surface area contributed by atoms with Crippen LogP contribution in [-0.4, -0.2) is 0 Å². The number of hydrogen-bond donors (Lipinski definition) is 0. The van der Waals surface area contributed by atoms with Crippen molar-refractivity contribution in [3.05, 3.63) is 89.4 Å². The Morgan fingerprint density at radius 1 is 0.871 bits per heavy atom. The largest absolute Gasteiger partial charge is 0.454 e. The second-order valence-electron chi connectivity index (χ2n) is 7.88. The zero-order valence-electron chi connectivity index (χ0n) is 17.5. The lowest BCUT2D eigenvalue weighted by molar-refractivity contribution is -0.662. The van der Waals surface area contributed by atoms with Crippen LogP contribution in [0.5, 0.6) is 0 Å². The minimum absolute atomic E-state index is 0.245. The van der Waals surface area contributed by atoms with Crippen molar-refractivity contribution >= 4 is 21.9 Å². The fourth-order valence-corrected chi connectivity index (χ4v) is 4.27. The summed E-state index contributed by atoms with van der Waals surface area (Å²) < 4.78 is 22.4. The third-order valence-electron chi connectivity index (χ3n) is 5.87. The Labute approximate surface area is 179 Å². The lowest BCUT2D eigenvalue weighted by Crippen LogP contribution is -2.31. The molecule has 0 fully saturated rings. The standard InChI is InChI=1S/C27H20FN2O/c1-16-9-11-20-21-12-10-19(14-29)25(18-7-5-4-6-8-18)27(21)31-26(20)24(16)23-13-17(2)22(28)15-30(23)3/h4-13,15H,1-3H3/q+1. The first-order valence-corrected chi connectivity index (χ1v) is 10.1. The highest BCUT2D eigenvalue weighted by Gasteiger charge is 2.24. The van der Waals surface area contributed by atoms with Crippen molar-refractivity contribution in [1.82, 2.24) is 0 Å². The van der Waals surface area contributed by atoms with E-state index in [0.29, 0.717) is 16.7 Å². The van der Waals surface area contributed by atoms with Gasteiger partial charge in [0, 0.05) is 22.4 Å². The van der Waals surface area contributed by atoms with Gasteiger partial charge >= 0.3 is 0 Å². The molecule has 2 heterocycles. The van der Waals surface area contributed by atoms with Crippen LogP contribution in [0.4, 0.5) is 4.39 Å². The summed E-state index contributed by atoms with van der Waals surface area (Å²) in [5.74, 6) is -0.245. The van der Waals surface area contributed by atoms with Crippen LogP contribution in [0.25, 0.3) is 44.3 Å². The van der Waals surface area contributed by atoms with Crippen LogP contribution in [0, 0.1) is 31.0 Å². The van der Waals surface area contributed by atoms with Crippen molar-refractivity contribution in [2.45, 2.75) is 13.8 Å². The first-order valence-electron chi connectivity index (χ1n) is 10.1. The number of aryl methyl sites for hydroxylation is 3. The van der Waals surface area contributed by atoms with E-state index in [1.165, 1.54) is 6.20 Å². The molecule has 0 saturated carbocycles. The van der Waals surface area contributed by atoms with Crippen LogP contribution in [0.2, 0.25) is 0 Å². The summed E-state index contributed by atoms with van der Waals surface area (Å²) in [5, 5.41) is 11.7. The van der Waals surface area contributed by atoms with Crippen LogP contribution < -0.4 is 4.57 Å². The van der Waals surface area contributed by atoms with Crippen LogP contribution >= 0.6 is 0 Å². The maximum atomic E-state index is 14.1. The summed E-state index contributed by atoms with van der Waals surface area (Å²) in [6, 6.07) is 21.9. The van der Waals surface area contributed by atoms with Crippen molar-refractivity contribution in [1.29, 1.82) is 5.26 Å². The number of furan rings is 1. The highest BCUT2D eigenvalue weighted by Crippen LogP contribution is 2.41. The van der Waals surface area contributed by atoms with E-state index < -0.39 is 0 Å². The highest BCUT2D eigenvalue weighted by molar-refractivity contribution is 6.13. The fourth-order valence-electron chi connectivity index (χ4n) is 4.27. The molecule has 31 heavy (non-hydrogen) atoms. The number of halogens is 1. The minimum Gasteiger partial charge on any atom is -0.454 e. The van der Waals surface area contributed by atoms with Gasteiger partial charge in [-0.2, -0.15) is 9.83 Å². The van der Waals surface area contributed by atoms with E-state index >= 15 is 0 Å². The van der Waals surface area contributed by atoms with Crippen molar-refractivity contribution in [3.8, 4) is 28.5 Å². The lowest BCUT2D eigenvalue weighted by atomic mass is 9.96. The average Bonchev–Trinajstić information content (AvgIpc) is 3.15. The molecule has 0 spiro atoms. The van der Waals surface area contributed by atoms with Crippen LogP contribution in [0.3, 0.4) is 0 Å². The number of nitrogens with zero attached hydrogens (tertiary/aromatic N) is 2. The Balaban J connectivity index is 1.92. The number of pyridine rings is 1. The first-order chi connectivity index (χ1) is 15.0. The molecule has 4 heteroatoms. The third-order valence-corrected chi connectivity index (χ3v) is 5.87. The highest BCUT2D eigenvalue weighted by atomic mass is 19.1. The van der Waals surface area contributed by atoms with Gasteiger partial charge in [0.1, 0.15) is 18.2 Å². The molecule has 0 radical (unpaired) electrons. The normalized spacial score (nSPS) is 11.2.